The zero-order chi connectivity index (χ0) is 17.9. The molecule has 1 fully saturated rings. The Bertz CT molecular complexity index is 707. The van der Waals surface area contributed by atoms with E-state index in [0.29, 0.717) is 19.6 Å². The molecule has 25 heavy (non-hydrogen) atoms. The fourth-order valence-corrected chi connectivity index (χ4v) is 3.87. The van der Waals surface area contributed by atoms with Crippen molar-refractivity contribution in [1.29, 1.82) is 0 Å². The van der Waals surface area contributed by atoms with Crippen molar-refractivity contribution in [3.63, 3.8) is 0 Å². The molecule has 134 valence electrons. The number of hydrogen-bond acceptors (Lipinski definition) is 4. The lowest BCUT2D eigenvalue weighted by molar-refractivity contribution is 0.192. The molecule has 6 heteroatoms. The van der Waals surface area contributed by atoms with E-state index < -0.39 is 0 Å². The van der Waals surface area contributed by atoms with Gasteiger partial charge in [0.1, 0.15) is 5.75 Å². The highest BCUT2D eigenvalue weighted by Gasteiger charge is 2.25. The third kappa shape index (κ3) is 4.25. The number of hydrogen-bond donors (Lipinski definition) is 2. The Balaban J connectivity index is 1.50. The van der Waals surface area contributed by atoms with Gasteiger partial charge in [-0.15, -0.1) is 11.3 Å². The molecule has 2 aromatic rings. The summed E-state index contributed by atoms with van der Waals surface area (Å²) >= 11 is 1.72. The lowest BCUT2D eigenvalue weighted by Gasteiger charge is -2.36. The molecule has 0 atom stereocenters. The molecule has 2 N–H and O–H groups in total. The average Bonchev–Trinajstić information content (AvgIpc) is 3.15. The largest absolute Gasteiger partial charge is 0.508 e. The van der Waals surface area contributed by atoms with Crippen LogP contribution in [-0.2, 0) is 5.41 Å². The van der Waals surface area contributed by atoms with Crippen LogP contribution in [0.2, 0.25) is 0 Å². The summed E-state index contributed by atoms with van der Waals surface area (Å²) in [6, 6.07) is 11.4. The van der Waals surface area contributed by atoms with E-state index in [4.69, 9.17) is 0 Å². The topological polar surface area (TPSA) is 55.8 Å². The summed E-state index contributed by atoms with van der Waals surface area (Å²) in [7, 11) is 0. The number of thiophene rings is 1. The van der Waals surface area contributed by atoms with E-state index in [1.807, 2.05) is 23.1 Å². The van der Waals surface area contributed by atoms with Crippen LogP contribution < -0.4 is 10.2 Å². The second-order valence-corrected chi connectivity index (χ2v) is 7.96. The number of phenolic OH excluding ortho intramolecular Hbond substituents is 1. The van der Waals surface area contributed by atoms with E-state index in [0.717, 1.165) is 18.8 Å². The van der Waals surface area contributed by atoms with Gasteiger partial charge in [0.15, 0.2) is 0 Å². The maximum absolute atomic E-state index is 12.5. The van der Waals surface area contributed by atoms with Crippen molar-refractivity contribution in [1.82, 2.24) is 10.2 Å². The molecule has 0 radical (unpaired) electrons. The highest BCUT2D eigenvalue weighted by Crippen LogP contribution is 2.26. The highest BCUT2D eigenvalue weighted by molar-refractivity contribution is 7.10. The van der Waals surface area contributed by atoms with Crippen molar-refractivity contribution in [3.05, 3.63) is 46.7 Å². The second-order valence-electron chi connectivity index (χ2n) is 7.01. The lowest BCUT2D eigenvalue weighted by atomic mass is 9.91. The van der Waals surface area contributed by atoms with Crippen LogP contribution in [0.4, 0.5) is 10.5 Å². The SMILES string of the molecule is CC(C)(CNC(=O)N1CCN(c2cccc(O)c2)CC1)c1cccs1. The molecule has 5 nitrogen and oxygen atoms in total. The van der Waals surface area contributed by atoms with E-state index in [2.05, 4.69) is 35.5 Å². The summed E-state index contributed by atoms with van der Waals surface area (Å²) in [4.78, 5) is 17.8. The normalized spacial score (nSPS) is 15.3. The first-order chi connectivity index (χ1) is 12.0. The van der Waals surface area contributed by atoms with Crippen molar-refractivity contribution >= 4 is 23.1 Å². The lowest BCUT2D eigenvalue weighted by Crippen LogP contribution is -2.53. The van der Waals surface area contributed by atoms with Gasteiger partial charge in [0.25, 0.3) is 0 Å². The fraction of sp³-hybridized carbons (Fsp3) is 0.421. The fourth-order valence-electron chi connectivity index (χ4n) is 3.02. The minimum absolute atomic E-state index is 0.000176. The Morgan fingerprint density at radius 1 is 1.20 bits per heavy atom. The van der Waals surface area contributed by atoms with Gasteiger partial charge in [-0.2, -0.15) is 0 Å². The van der Waals surface area contributed by atoms with Crippen LogP contribution in [0.5, 0.6) is 5.75 Å². The van der Waals surface area contributed by atoms with Crippen molar-refractivity contribution in [2.75, 3.05) is 37.6 Å². The van der Waals surface area contributed by atoms with Gasteiger partial charge in [0.2, 0.25) is 0 Å². The first kappa shape index (κ1) is 17.6. The number of aromatic hydroxyl groups is 1. The molecule has 1 aromatic carbocycles. The van der Waals surface area contributed by atoms with E-state index in [1.165, 1.54) is 4.88 Å². The standard InChI is InChI=1S/C19H25N3O2S/c1-19(2,17-7-4-12-25-17)14-20-18(24)22-10-8-21(9-11-22)15-5-3-6-16(23)13-15/h3-7,12-13,23H,8-11,14H2,1-2H3,(H,20,24). The molecule has 1 saturated heterocycles. The Morgan fingerprint density at radius 3 is 2.60 bits per heavy atom. The van der Waals surface area contributed by atoms with Gasteiger partial charge < -0.3 is 20.2 Å². The molecule has 0 saturated carbocycles. The Kier molecular flexibility index (Phi) is 5.18. The van der Waals surface area contributed by atoms with Crippen LogP contribution in [-0.4, -0.2) is 48.8 Å². The van der Waals surface area contributed by atoms with Gasteiger partial charge in [-0.3, -0.25) is 0 Å². The number of urea groups is 1. The molecular weight excluding hydrogens is 334 g/mol. The number of nitrogens with one attached hydrogen (secondary N) is 1. The summed E-state index contributed by atoms with van der Waals surface area (Å²) in [5, 5.41) is 14.8. The number of phenols is 1. The van der Waals surface area contributed by atoms with E-state index >= 15 is 0 Å². The number of anilines is 1. The maximum Gasteiger partial charge on any atom is 0.317 e. The van der Waals surface area contributed by atoms with Gasteiger partial charge in [-0.1, -0.05) is 26.0 Å². The Morgan fingerprint density at radius 2 is 1.96 bits per heavy atom. The number of nitrogens with zero attached hydrogens (tertiary/aromatic N) is 2. The summed E-state index contributed by atoms with van der Waals surface area (Å²) in [5.41, 5.74) is 0.937. The number of carbonyl (C=O) groups is 1. The van der Waals surface area contributed by atoms with Gasteiger partial charge in [0.05, 0.1) is 0 Å². The molecule has 3 rings (SSSR count). The summed E-state index contributed by atoms with van der Waals surface area (Å²) in [6.07, 6.45) is 0. The third-order valence-corrected chi connectivity index (χ3v) is 5.87. The third-order valence-electron chi connectivity index (χ3n) is 4.63. The van der Waals surface area contributed by atoms with Crippen LogP contribution in [0.3, 0.4) is 0 Å². The minimum Gasteiger partial charge on any atom is -0.508 e. The summed E-state index contributed by atoms with van der Waals surface area (Å²) in [5.74, 6) is 0.272. The van der Waals surface area contributed by atoms with Crippen LogP contribution >= 0.6 is 11.3 Å². The molecule has 0 aliphatic carbocycles. The molecule has 1 aliphatic heterocycles. The second kappa shape index (κ2) is 7.35. The minimum atomic E-state index is -0.0623. The van der Waals surface area contributed by atoms with E-state index in [1.54, 1.807) is 23.5 Å². The first-order valence-corrected chi connectivity index (χ1v) is 9.44. The Labute approximate surface area is 152 Å². The van der Waals surface area contributed by atoms with Crippen LogP contribution in [0, 0.1) is 0 Å². The maximum atomic E-state index is 12.5. The van der Waals surface area contributed by atoms with Gasteiger partial charge >= 0.3 is 6.03 Å². The highest BCUT2D eigenvalue weighted by atomic mass is 32.1. The molecular formula is C19H25N3O2S. The number of piperazine rings is 1. The molecule has 1 aromatic heterocycles. The molecule has 1 aliphatic rings. The predicted molar refractivity (Wildman–Crippen MR) is 103 cm³/mol. The molecule has 2 heterocycles. The number of rotatable bonds is 4. The number of amides is 2. The van der Waals surface area contributed by atoms with E-state index in [-0.39, 0.29) is 17.2 Å². The molecule has 0 spiro atoms. The zero-order valence-electron chi connectivity index (χ0n) is 14.7. The Hall–Kier alpha value is -2.21. The monoisotopic (exact) mass is 359 g/mol. The number of benzene rings is 1. The van der Waals surface area contributed by atoms with Crippen molar-refractivity contribution < 1.29 is 9.90 Å². The molecule has 0 bridgehead atoms. The first-order valence-electron chi connectivity index (χ1n) is 8.56. The predicted octanol–water partition coefficient (Wildman–Crippen LogP) is 3.26. The van der Waals surface area contributed by atoms with Crippen molar-refractivity contribution in [2.45, 2.75) is 19.3 Å². The molecule has 0 unspecified atom stereocenters. The average molecular weight is 359 g/mol. The number of carbonyl (C=O) groups excluding carboxylic acids is 1. The van der Waals surface area contributed by atoms with Crippen LogP contribution in [0.15, 0.2) is 41.8 Å². The molecule has 2 amide bonds. The van der Waals surface area contributed by atoms with Gasteiger partial charge in [-0.25, -0.2) is 4.79 Å². The smallest absolute Gasteiger partial charge is 0.317 e. The van der Waals surface area contributed by atoms with Gasteiger partial charge in [-0.05, 0) is 23.6 Å². The van der Waals surface area contributed by atoms with Crippen molar-refractivity contribution in [3.8, 4) is 5.75 Å². The van der Waals surface area contributed by atoms with Crippen LogP contribution in [0.25, 0.3) is 0 Å². The summed E-state index contributed by atoms with van der Waals surface area (Å²) in [6.45, 7) is 7.83. The van der Waals surface area contributed by atoms with Crippen molar-refractivity contribution in [2.24, 2.45) is 0 Å². The zero-order valence-corrected chi connectivity index (χ0v) is 15.6. The van der Waals surface area contributed by atoms with E-state index in [9.17, 15) is 9.90 Å². The quantitative estimate of drug-likeness (QED) is 0.881. The summed E-state index contributed by atoms with van der Waals surface area (Å²) < 4.78 is 0. The van der Waals surface area contributed by atoms with Crippen LogP contribution in [0.1, 0.15) is 18.7 Å². The van der Waals surface area contributed by atoms with Gasteiger partial charge in [0, 0.05) is 54.8 Å².